The molecule has 9 aliphatic rings. The van der Waals surface area contributed by atoms with Crippen LogP contribution in [-0.2, 0) is 139 Å². The number of rotatable bonds is 16. The molecule has 8 unspecified atom stereocenters. The summed E-state index contributed by atoms with van der Waals surface area (Å²) in [6, 6.07) is 9.42. The van der Waals surface area contributed by atoms with E-state index in [0.29, 0.717) is 57.8 Å². The molecule has 35 heteroatoms. The third kappa shape index (κ3) is 23.0. The summed E-state index contributed by atoms with van der Waals surface area (Å²) in [6.07, 6.45) is 12.7. The predicted octanol–water partition coefficient (Wildman–Crippen LogP) is 7.57. The smallest absolute Gasteiger partial charge is 0.466 e. The maximum Gasteiger partial charge on any atom is 0.509 e. The highest BCUT2D eigenvalue weighted by Gasteiger charge is 2.59. The second kappa shape index (κ2) is 39.7. The van der Waals surface area contributed by atoms with Crippen LogP contribution in [0, 0.1) is 37.0 Å². The van der Waals surface area contributed by atoms with Crippen molar-refractivity contribution in [2.24, 2.45) is 0 Å². The second-order valence-corrected chi connectivity index (χ2v) is 24.8. The van der Waals surface area contributed by atoms with Crippen LogP contribution in [0.2, 0.25) is 0 Å². The van der Waals surface area contributed by atoms with Crippen molar-refractivity contribution in [3.63, 3.8) is 0 Å². The second-order valence-electron chi connectivity index (χ2n) is 24.8. The van der Waals surface area contributed by atoms with Gasteiger partial charge in [-0.25, -0.2) is 67.1 Å². The van der Waals surface area contributed by atoms with Gasteiger partial charge in [0.1, 0.15) is 0 Å². The van der Waals surface area contributed by atoms with Crippen molar-refractivity contribution in [3.05, 3.63) is 35.9 Å². The van der Waals surface area contributed by atoms with Gasteiger partial charge < -0.3 is 99.5 Å². The zero-order chi connectivity index (χ0) is 78.5. The Morgan fingerprint density at radius 3 is 1.05 bits per heavy atom. The number of terminal acetylenes is 3. The van der Waals surface area contributed by atoms with Crippen LogP contribution in [0.3, 0.4) is 0 Å². The molecule has 2 aliphatic carbocycles. The molecular formula is C70H88O35. The maximum absolute atomic E-state index is 11.7. The Morgan fingerprint density at radius 1 is 0.381 bits per heavy atom. The fourth-order valence-electron chi connectivity index (χ4n) is 11.7. The van der Waals surface area contributed by atoms with Crippen LogP contribution in [0.4, 0.5) is 33.6 Å². The molecule has 0 aromatic heterocycles. The number of hydrogen-bond acceptors (Lipinski definition) is 35. The van der Waals surface area contributed by atoms with E-state index in [1.807, 2.05) is 58.0 Å². The molecular weight excluding hydrogens is 1400 g/mol. The first-order valence-electron chi connectivity index (χ1n) is 33.1. The van der Waals surface area contributed by atoms with Crippen LogP contribution < -0.4 is 0 Å². The Balaban J connectivity index is 0.000000260. The van der Waals surface area contributed by atoms with Crippen LogP contribution in [0.25, 0.3) is 0 Å². The minimum absolute atomic E-state index is 0.122. The minimum atomic E-state index is -1.05. The molecule has 105 heavy (non-hydrogen) atoms. The van der Waals surface area contributed by atoms with E-state index in [4.69, 9.17) is 85.6 Å². The van der Waals surface area contributed by atoms with Gasteiger partial charge >= 0.3 is 84.9 Å². The van der Waals surface area contributed by atoms with E-state index in [9.17, 15) is 67.1 Å². The van der Waals surface area contributed by atoms with Crippen LogP contribution in [0.5, 0.6) is 0 Å². The molecule has 0 amide bonds. The van der Waals surface area contributed by atoms with Gasteiger partial charge in [-0.15, -0.1) is 19.3 Å². The molecule has 35 nitrogen and oxygen atoms in total. The van der Waals surface area contributed by atoms with Gasteiger partial charge in [0.2, 0.25) is 42.7 Å². The Kier molecular flexibility index (Phi) is 32.7. The lowest BCUT2D eigenvalue weighted by Gasteiger charge is -2.32. The lowest BCUT2D eigenvalue weighted by molar-refractivity contribution is -0.157. The quantitative estimate of drug-likeness (QED) is 0.0874. The van der Waals surface area contributed by atoms with E-state index in [2.05, 4.69) is 50.9 Å². The Bertz CT molecular complexity index is 3370. The number of cyclic esters (lactones) is 12. The number of esters is 7. The number of ether oxygens (including phenoxy) is 21. The van der Waals surface area contributed by atoms with Crippen LogP contribution in [-0.4, -0.2) is 216 Å². The fourth-order valence-corrected chi connectivity index (χ4v) is 11.7. The monoisotopic (exact) mass is 1490 g/mol. The molecule has 0 N–H and O–H groups in total. The molecule has 7 aliphatic heterocycles. The van der Waals surface area contributed by atoms with E-state index in [1.165, 1.54) is 28.4 Å². The summed E-state index contributed by atoms with van der Waals surface area (Å²) in [5.74, 6) is 2.24. The molecule has 7 heterocycles. The first-order chi connectivity index (χ1) is 49.7. The van der Waals surface area contributed by atoms with Gasteiger partial charge in [-0.1, -0.05) is 88.6 Å². The summed E-state index contributed by atoms with van der Waals surface area (Å²) < 4.78 is 101. The molecule has 2 spiro atoms. The van der Waals surface area contributed by atoms with E-state index < -0.39 is 167 Å². The highest BCUT2D eigenvalue weighted by molar-refractivity contribution is 5.85. The first-order valence-corrected chi connectivity index (χ1v) is 33.1. The summed E-state index contributed by atoms with van der Waals surface area (Å²) in [5.41, 5.74) is -4.37. The molecule has 1 aromatic carbocycles. The van der Waals surface area contributed by atoms with E-state index in [0.717, 1.165) is 44.1 Å². The van der Waals surface area contributed by atoms with Gasteiger partial charge in [0.25, 0.3) is 0 Å². The summed E-state index contributed by atoms with van der Waals surface area (Å²) in [6.45, 7) is 13.2. The molecule has 10 rings (SSSR count). The largest absolute Gasteiger partial charge is 0.509 e. The lowest BCUT2D eigenvalue weighted by atomic mass is 9.81. The number of carbonyl (C=O) groups is 14. The molecule has 9 fully saturated rings. The van der Waals surface area contributed by atoms with Gasteiger partial charge in [0, 0.05) is 6.42 Å². The summed E-state index contributed by atoms with van der Waals surface area (Å²) >= 11 is 0. The van der Waals surface area contributed by atoms with E-state index in [1.54, 1.807) is 27.7 Å². The van der Waals surface area contributed by atoms with Crippen molar-refractivity contribution < 1.29 is 167 Å². The maximum atomic E-state index is 11.7. The Morgan fingerprint density at radius 2 is 0.686 bits per heavy atom. The van der Waals surface area contributed by atoms with Gasteiger partial charge in [0.15, 0.2) is 59.5 Å². The molecule has 0 bridgehead atoms. The third-order valence-corrected chi connectivity index (χ3v) is 17.4. The molecule has 2 saturated carbocycles. The van der Waals surface area contributed by atoms with Crippen molar-refractivity contribution in [2.75, 3.05) is 48.3 Å². The van der Waals surface area contributed by atoms with Crippen molar-refractivity contribution in [1.29, 1.82) is 0 Å². The lowest BCUT2D eigenvalue weighted by Crippen LogP contribution is -2.46. The number of methoxy groups -OCH3 is 4. The van der Waals surface area contributed by atoms with Crippen molar-refractivity contribution >= 4 is 84.9 Å². The average Bonchev–Trinajstić information content (AvgIpc) is 1.65. The van der Waals surface area contributed by atoms with Gasteiger partial charge in [-0.3, -0.25) is 0 Å². The summed E-state index contributed by atoms with van der Waals surface area (Å²) in [4.78, 5) is 157. The number of carbonyl (C=O) groups excluding carboxylic acids is 14. The summed E-state index contributed by atoms with van der Waals surface area (Å²) in [7, 11) is 5.01. The number of hydrogen-bond donors (Lipinski definition) is 0. The highest BCUT2D eigenvalue weighted by Crippen LogP contribution is 2.43. The molecule has 7 saturated heterocycles. The SMILES string of the molecule is C#CCOC(=O)C1OC(=O)OC1(C)C.C#CCOC(=O)C1OC(=O)OC1(CC)CC.C#CCOC(=O)C1OC(=O)OC12CCCCC2.CCC1(CC)OC(=O)OC1C(=O)OC.COC(=O)C1OC(=O)OC1(C)C.COC(=O)C1OC(=O)OC12CCCCC2.COC(=O)C1OC(=O)OC1Cc1ccccc1. The zero-order valence-corrected chi connectivity index (χ0v) is 60.3. The van der Waals surface area contributed by atoms with Crippen LogP contribution in [0.1, 0.15) is 151 Å². The zero-order valence-electron chi connectivity index (χ0n) is 60.3. The van der Waals surface area contributed by atoms with Crippen molar-refractivity contribution in [3.8, 4) is 37.0 Å². The van der Waals surface area contributed by atoms with E-state index >= 15 is 0 Å². The first kappa shape index (κ1) is 86.5. The van der Waals surface area contributed by atoms with Crippen LogP contribution in [0.15, 0.2) is 30.3 Å². The van der Waals surface area contributed by atoms with Gasteiger partial charge in [0.05, 0.1) is 28.4 Å². The molecule has 0 radical (unpaired) electrons. The molecule has 578 valence electrons. The van der Waals surface area contributed by atoms with E-state index in [-0.39, 0.29) is 19.8 Å². The van der Waals surface area contributed by atoms with Crippen LogP contribution >= 0.6 is 0 Å². The van der Waals surface area contributed by atoms with Crippen molar-refractivity contribution in [2.45, 2.75) is 234 Å². The fraction of sp³-hybridized carbons (Fsp3) is 0.629. The Hall–Kier alpha value is -10.9. The Labute approximate surface area is 604 Å². The summed E-state index contributed by atoms with van der Waals surface area (Å²) in [5, 5.41) is 0. The predicted molar refractivity (Wildman–Crippen MR) is 347 cm³/mol. The topological polar surface area (TPSA) is 433 Å². The highest BCUT2D eigenvalue weighted by atomic mass is 16.8. The standard InChI is InChI=1S/C12H12O5.C12H14O5.C11H14O5.C10H14O5.C9H10O5.C9H14O5.C7H10O5/c1-15-11(13)10-9(16-12(14)17-10)7-8-5-3-2-4-6-8;1-2-8-15-10(13)9-12(17-11(14)16-9)6-4-3-5-7-12;1-4-7-14-9(12)8-11(5-2,6-3)16-10(13)15-8;1-13-8(11)7-10(15-9(12)14-7)5-3-2-4-6-10;1-4-5-12-7(10)6-9(2,3)14-8(11)13-6;1-4-9(5-2)6(7(10)12-3)13-8(11)14-9;1-7(2)4(5(8)10-3)11-6(9)12-7/h2-6,9-10H,7H2,1H3;1,9H,3-8H2;1,8H,5-7H2,2-3H3;7H,2-6H2,1H3;1,6H,5H2,2-3H3;6H,4-5H2,1-3H3;4H,1-3H3. The van der Waals surface area contributed by atoms with Gasteiger partial charge in [-0.05, 0) is 110 Å². The molecule has 8 atom stereocenters. The van der Waals surface area contributed by atoms with Crippen molar-refractivity contribution in [1.82, 2.24) is 0 Å². The number of benzene rings is 1. The minimum Gasteiger partial charge on any atom is -0.466 e. The normalized spacial score (nSPS) is 24.5. The third-order valence-electron chi connectivity index (χ3n) is 17.4. The van der Waals surface area contributed by atoms with Gasteiger partial charge in [-0.2, -0.15) is 0 Å². The average molecular weight is 1490 g/mol. The molecule has 1 aromatic rings.